The van der Waals surface area contributed by atoms with Gasteiger partial charge in [0.05, 0.1) is 0 Å². The molecular weight excluding hydrogens is 236 g/mol. The van der Waals surface area contributed by atoms with Gasteiger partial charge in [-0.15, -0.1) is 0 Å². The fourth-order valence-electron chi connectivity index (χ4n) is 3.27. The Morgan fingerprint density at radius 3 is 3.00 bits per heavy atom. The number of aryl methyl sites for hydroxylation is 2. The maximum atomic E-state index is 12.4. The van der Waals surface area contributed by atoms with Crippen LogP contribution < -0.4 is 5.32 Å². The molecular formula is C16H22N2O. The summed E-state index contributed by atoms with van der Waals surface area (Å²) >= 11 is 0. The minimum Gasteiger partial charge on any atom is -0.341 e. The molecule has 1 aromatic rings. The lowest BCUT2D eigenvalue weighted by atomic mass is 10.0. The van der Waals surface area contributed by atoms with Gasteiger partial charge in [-0.05, 0) is 68.0 Å². The van der Waals surface area contributed by atoms with Crippen molar-refractivity contribution in [3.05, 3.63) is 34.9 Å². The van der Waals surface area contributed by atoms with E-state index in [0.717, 1.165) is 31.6 Å². The molecule has 1 aliphatic carbocycles. The van der Waals surface area contributed by atoms with Crippen molar-refractivity contribution >= 4 is 5.91 Å². The molecule has 1 amide bonds. The molecule has 19 heavy (non-hydrogen) atoms. The van der Waals surface area contributed by atoms with E-state index in [9.17, 15) is 4.79 Å². The van der Waals surface area contributed by atoms with Crippen LogP contribution >= 0.6 is 0 Å². The molecule has 0 aromatic heterocycles. The lowest BCUT2D eigenvalue weighted by Crippen LogP contribution is -2.32. The Morgan fingerprint density at radius 2 is 2.21 bits per heavy atom. The maximum Gasteiger partial charge on any atom is 0.253 e. The summed E-state index contributed by atoms with van der Waals surface area (Å²) in [7, 11) is 1.92. The van der Waals surface area contributed by atoms with E-state index in [1.54, 1.807) is 0 Å². The molecule has 0 radical (unpaired) electrons. The minimum absolute atomic E-state index is 0.168. The smallest absolute Gasteiger partial charge is 0.253 e. The number of benzene rings is 1. The van der Waals surface area contributed by atoms with E-state index in [1.165, 1.54) is 30.4 Å². The molecule has 0 saturated carbocycles. The number of nitrogens with one attached hydrogen (secondary N) is 1. The first-order valence-electron chi connectivity index (χ1n) is 7.32. The lowest BCUT2D eigenvalue weighted by molar-refractivity contribution is 0.0776. The van der Waals surface area contributed by atoms with E-state index in [4.69, 9.17) is 0 Å². The van der Waals surface area contributed by atoms with E-state index >= 15 is 0 Å². The van der Waals surface area contributed by atoms with E-state index in [0.29, 0.717) is 5.92 Å². The second-order valence-corrected chi connectivity index (χ2v) is 5.88. The predicted molar refractivity (Wildman–Crippen MR) is 76.4 cm³/mol. The largest absolute Gasteiger partial charge is 0.341 e. The van der Waals surface area contributed by atoms with E-state index in [1.807, 2.05) is 18.0 Å². The zero-order valence-electron chi connectivity index (χ0n) is 11.6. The molecule has 0 bridgehead atoms. The van der Waals surface area contributed by atoms with Crippen LogP contribution in [0, 0.1) is 5.92 Å². The molecule has 2 aliphatic rings. The summed E-state index contributed by atoms with van der Waals surface area (Å²) in [5, 5.41) is 3.35. The van der Waals surface area contributed by atoms with Crippen LogP contribution in [0.4, 0.5) is 0 Å². The van der Waals surface area contributed by atoms with Crippen LogP contribution in [0.3, 0.4) is 0 Å². The Labute approximate surface area is 115 Å². The van der Waals surface area contributed by atoms with Crippen molar-refractivity contribution in [2.75, 3.05) is 26.7 Å². The number of hydrogen-bond donors (Lipinski definition) is 1. The molecule has 1 heterocycles. The third-order valence-corrected chi connectivity index (χ3v) is 4.39. The van der Waals surface area contributed by atoms with Crippen LogP contribution in [0.15, 0.2) is 18.2 Å². The summed E-state index contributed by atoms with van der Waals surface area (Å²) in [6, 6.07) is 6.24. The van der Waals surface area contributed by atoms with E-state index in [2.05, 4.69) is 17.4 Å². The number of fused-ring (bicyclic) bond motifs is 1. The maximum absolute atomic E-state index is 12.4. The molecule has 102 valence electrons. The molecule has 1 saturated heterocycles. The van der Waals surface area contributed by atoms with Crippen LogP contribution in [-0.4, -0.2) is 37.5 Å². The van der Waals surface area contributed by atoms with Crippen molar-refractivity contribution < 1.29 is 4.79 Å². The Kier molecular flexibility index (Phi) is 3.56. The zero-order valence-corrected chi connectivity index (χ0v) is 11.6. The van der Waals surface area contributed by atoms with Gasteiger partial charge in [0.25, 0.3) is 5.91 Å². The lowest BCUT2D eigenvalue weighted by Gasteiger charge is -2.21. The van der Waals surface area contributed by atoms with Gasteiger partial charge in [-0.1, -0.05) is 6.07 Å². The SMILES string of the molecule is CN(CC1CCNC1)C(=O)c1ccc2c(c1)CCC2. The van der Waals surface area contributed by atoms with Crippen molar-refractivity contribution in [2.24, 2.45) is 5.92 Å². The van der Waals surface area contributed by atoms with Gasteiger partial charge in [0.2, 0.25) is 0 Å². The summed E-state index contributed by atoms with van der Waals surface area (Å²) in [5.41, 5.74) is 3.66. The van der Waals surface area contributed by atoms with Crippen molar-refractivity contribution in [3.63, 3.8) is 0 Å². The topological polar surface area (TPSA) is 32.3 Å². The normalized spacial score (nSPS) is 21.4. The van der Waals surface area contributed by atoms with Crippen LogP contribution in [0.1, 0.15) is 34.3 Å². The highest BCUT2D eigenvalue weighted by Crippen LogP contribution is 2.23. The first-order chi connectivity index (χ1) is 9.24. The van der Waals surface area contributed by atoms with Gasteiger partial charge in [-0.3, -0.25) is 4.79 Å². The molecule has 1 atom stereocenters. The highest BCUT2D eigenvalue weighted by molar-refractivity contribution is 5.94. The number of carbonyl (C=O) groups excluding carboxylic acids is 1. The van der Waals surface area contributed by atoms with E-state index in [-0.39, 0.29) is 5.91 Å². The summed E-state index contributed by atoms with van der Waals surface area (Å²) in [4.78, 5) is 14.3. The molecule has 3 nitrogen and oxygen atoms in total. The van der Waals surface area contributed by atoms with Crippen LogP contribution in [-0.2, 0) is 12.8 Å². The van der Waals surface area contributed by atoms with Crippen molar-refractivity contribution in [1.29, 1.82) is 0 Å². The van der Waals surface area contributed by atoms with Crippen molar-refractivity contribution in [3.8, 4) is 0 Å². The molecule has 0 spiro atoms. The van der Waals surface area contributed by atoms with Gasteiger partial charge >= 0.3 is 0 Å². The summed E-state index contributed by atoms with van der Waals surface area (Å²) in [5.74, 6) is 0.782. The monoisotopic (exact) mass is 258 g/mol. The number of rotatable bonds is 3. The fourth-order valence-corrected chi connectivity index (χ4v) is 3.27. The zero-order chi connectivity index (χ0) is 13.2. The van der Waals surface area contributed by atoms with Crippen LogP contribution in [0.5, 0.6) is 0 Å². The van der Waals surface area contributed by atoms with Gasteiger partial charge in [0.1, 0.15) is 0 Å². The van der Waals surface area contributed by atoms with Crippen LogP contribution in [0.2, 0.25) is 0 Å². The third-order valence-electron chi connectivity index (χ3n) is 4.39. The number of amides is 1. The quantitative estimate of drug-likeness (QED) is 0.897. The summed E-state index contributed by atoms with van der Waals surface area (Å²) in [6.07, 6.45) is 4.72. The highest BCUT2D eigenvalue weighted by Gasteiger charge is 2.21. The van der Waals surface area contributed by atoms with Crippen molar-refractivity contribution in [2.45, 2.75) is 25.7 Å². The summed E-state index contributed by atoms with van der Waals surface area (Å²) in [6.45, 7) is 3.00. The predicted octanol–water partition coefficient (Wildman–Crippen LogP) is 1.86. The van der Waals surface area contributed by atoms with Crippen LogP contribution in [0.25, 0.3) is 0 Å². The standard InChI is InChI=1S/C16H22N2O/c1-18(11-12-7-8-17-10-12)16(19)15-6-5-13-3-2-4-14(13)9-15/h5-6,9,12,17H,2-4,7-8,10-11H2,1H3. The second-order valence-electron chi connectivity index (χ2n) is 5.88. The molecule has 3 rings (SSSR count). The van der Waals surface area contributed by atoms with E-state index < -0.39 is 0 Å². The molecule has 1 aliphatic heterocycles. The molecule has 1 unspecified atom stereocenters. The van der Waals surface area contributed by atoms with Gasteiger partial charge in [-0.25, -0.2) is 0 Å². The number of nitrogens with zero attached hydrogens (tertiary/aromatic N) is 1. The van der Waals surface area contributed by atoms with Gasteiger partial charge < -0.3 is 10.2 Å². The first-order valence-corrected chi connectivity index (χ1v) is 7.32. The Morgan fingerprint density at radius 1 is 1.37 bits per heavy atom. The fraction of sp³-hybridized carbons (Fsp3) is 0.562. The average Bonchev–Trinajstić information content (AvgIpc) is 3.07. The Balaban J connectivity index is 1.68. The molecule has 1 N–H and O–H groups in total. The third kappa shape index (κ3) is 2.66. The molecule has 1 fully saturated rings. The minimum atomic E-state index is 0.168. The highest BCUT2D eigenvalue weighted by atomic mass is 16.2. The average molecular weight is 258 g/mol. The Hall–Kier alpha value is -1.35. The second kappa shape index (κ2) is 5.33. The number of hydrogen-bond acceptors (Lipinski definition) is 2. The Bertz CT molecular complexity index is 478. The molecule has 1 aromatic carbocycles. The van der Waals surface area contributed by atoms with Gasteiger partial charge in [0, 0.05) is 19.2 Å². The molecule has 3 heteroatoms. The van der Waals surface area contributed by atoms with Crippen molar-refractivity contribution in [1.82, 2.24) is 10.2 Å². The summed E-state index contributed by atoms with van der Waals surface area (Å²) < 4.78 is 0. The first kappa shape index (κ1) is 12.7. The van der Waals surface area contributed by atoms with Gasteiger partial charge in [0.15, 0.2) is 0 Å². The van der Waals surface area contributed by atoms with Gasteiger partial charge in [-0.2, -0.15) is 0 Å². The number of carbonyl (C=O) groups is 1.